The van der Waals surface area contributed by atoms with E-state index in [1.54, 1.807) is 0 Å². The Morgan fingerprint density at radius 2 is 1.58 bits per heavy atom. The molecule has 3 aliphatic carbocycles. The Labute approximate surface area is 267 Å². The van der Waals surface area contributed by atoms with Crippen molar-refractivity contribution in [2.75, 3.05) is 13.2 Å². The van der Waals surface area contributed by atoms with Crippen LogP contribution in [0.2, 0.25) is 0 Å². The van der Waals surface area contributed by atoms with Crippen molar-refractivity contribution < 1.29 is 54.8 Å². The topological polar surface area (TPSA) is 186 Å². The van der Waals surface area contributed by atoms with Crippen LogP contribution in [0.25, 0.3) is 0 Å². The first-order chi connectivity index (χ1) is 21.1. The molecule has 2 aliphatic heterocycles. The van der Waals surface area contributed by atoms with Crippen LogP contribution in [0.15, 0.2) is 0 Å². The predicted octanol–water partition coefficient (Wildman–Crippen LogP) is 1.21. The average Bonchev–Trinajstić information content (AvgIpc) is 3.31. The summed E-state index contributed by atoms with van der Waals surface area (Å²) in [6.07, 6.45) is -6.34. The lowest BCUT2D eigenvalue weighted by Gasteiger charge is -2.56. The number of hydrogen-bond donors (Lipinski definition) is 7. The number of carbonyl (C=O) groups is 1. The Morgan fingerprint density at radius 1 is 0.911 bits per heavy atom. The summed E-state index contributed by atoms with van der Waals surface area (Å²) >= 11 is 0. The van der Waals surface area contributed by atoms with Gasteiger partial charge >= 0.3 is 5.97 Å². The molecule has 7 N–H and O–H groups in total. The van der Waals surface area contributed by atoms with Crippen LogP contribution in [0.3, 0.4) is 0 Å². The minimum atomic E-state index is -1.57. The molecule has 11 nitrogen and oxygen atoms in total. The Kier molecular flexibility index (Phi) is 10.4. The number of ether oxygens (including phenoxy) is 3. The van der Waals surface area contributed by atoms with Gasteiger partial charge in [-0.25, -0.2) is 0 Å². The van der Waals surface area contributed by atoms with Crippen molar-refractivity contribution in [3.05, 3.63) is 0 Å². The van der Waals surface area contributed by atoms with E-state index in [9.17, 15) is 40.5 Å². The Morgan fingerprint density at radius 3 is 2.22 bits per heavy atom. The van der Waals surface area contributed by atoms with Gasteiger partial charge in [-0.2, -0.15) is 0 Å². The van der Waals surface area contributed by atoms with Crippen LogP contribution < -0.4 is 0 Å². The summed E-state index contributed by atoms with van der Waals surface area (Å²) in [4.78, 5) is 13.2. The highest BCUT2D eigenvalue weighted by Crippen LogP contribution is 2.66. The van der Waals surface area contributed by atoms with Gasteiger partial charge in [-0.05, 0) is 90.8 Å². The van der Waals surface area contributed by atoms with Gasteiger partial charge in [0.05, 0.1) is 43.5 Å². The maximum Gasteiger partial charge on any atom is 0.309 e. The molecule has 260 valence electrons. The van der Waals surface area contributed by atoms with Gasteiger partial charge in [0.2, 0.25) is 0 Å². The van der Waals surface area contributed by atoms with Gasteiger partial charge < -0.3 is 50.0 Å². The molecule has 2 heterocycles. The fourth-order valence-electron chi connectivity index (χ4n) is 10.5. The molecule has 45 heavy (non-hydrogen) atoms. The fraction of sp³-hybridized carbons (Fsp3) is 0.971. The van der Waals surface area contributed by atoms with E-state index < -0.39 is 73.1 Å². The van der Waals surface area contributed by atoms with Crippen molar-refractivity contribution in [2.24, 2.45) is 58.2 Å². The monoisotopic (exact) mass is 642 g/mol. The number of cyclic esters (lactones) is 1. The SMILES string of the molecule is CC(C)C(C)C(OC1OC(CO)C(O)C(O)C1O)C(O)C(C)C1CCC2C3COC(=O)C4CC(O)C(O)CC4(C)C3CCC12C. The minimum Gasteiger partial charge on any atom is -0.465 e. The molecule has 18 atom stereocenters. The highest BCUT2D eigenvalue weighted by atomic mass is 16.7. The quantitative estimate of drug-likeness (QED) is 0.189. The normalized spacial score (nSPS) is 49.6. The summed E-state index contributed by atoms with van der Waals surface area (Å²) in [7, 11) is 0. The molecule has 0 radical (unpaired) electrons. The van der Waals surface area contributed by atoms with E-state index in [0.29, 0.717) is 13.0 Å². The number of rotatable bonds is 8. The first-order valence-electron chi connectivity index (χ1n) is 17.2. The maximum absolute atomic E-state index is 13.2. The number of aliphatic hydroxyl groups excluding tert-OH is 7. The maximum atomic E-state index is 13.2. The zero-order chi connectivity index (χ0) is 33.2. The second-order valence-corrected chi connectivity index (χ2v) is 16.1. The lowest BCUT2D eigenvalue weighted by atomic mass is 9.48. The molecule has 2 saturated heterocycles. The van der Waals surface area contributed by atoms with Crippen LogP contribution in [-0.2, 0) is 19.0 Å². The smallest absolute Gasteiger partial charge is 0.309 e. The van der Waals surface area contributed by atoms with E-state index >= 15 is 0 Å². The minimum absolute atomic E-state index is 0.114. The molecule has 0 spiro atoms. The van der Waals surface area contributed by atoms with Crippen molar-refractivity contribution >= 4 is 5.97 Å². The summed E-state index contributed by atoms with van der Waals surface area (Å²) in [6, 6.07) is 0. The highest BCUT2D eigenvalue weighted by Gasteiger charge is 2.63. The lowest BCUT2D eigenvalue weighted by molar-refractivity contribution is -0.324. The standard InChI is InChI=1S/C34H58O11/c1-15(2)16(3)30(45-32-29(41)28(40)27(39)25(13-35)44-32)26(38)17(4)19-7-8-20-18-14-43-31(42)22-11-23(36)24(37)12-34(22,6)21(18)9-10-33(19,20)5/h15-30,32,35-41H,7-14H2,1-6H3. The summed E-state index contributed by atoms with van der Waals surface area (Å²) < 4.78 is 17.9. The van der Waals surface area contributed by atoms with Gasteiger partial charge in [-0.15, -0.1) is 0 Å². The van der Waals surface area contributed by atoms with E-state index in [1.807, 2.05) is 20.8 Å². The van der Waals surface area contributed by atoms with Crippen LogP contribution in [-0.4, -0.2) is 110 Å². The summed E-state index contributed by atoms with van der Waals surface area (Å²) in [5.74, 6) is -0.248. The largest absolute Gasteiger partial charge is 0.465 e. The molecule has 0 aromatic heterocycles. The van der Waals surface area contributed by atoms with Gasteiger partial charge in [0.25, 0.3) is 0 Å². The Hall–Kier alpha value is -0.890. The third kappa shape index (κ3) is 6.01. The molecule has 5 aliphatic rings. The summed E-state index contributed by atoms with van der Waals surface area (Å²) in [5.41, 5.74) is -0.593. The first-order valence-corrected chi connectivity index (χ1v) is 17.2. The molecular weight excluding hydrogens is 584 g/mol. The molecule has 0 aromatic rings. The second-order valence-electron chi connectivity index (χ2n) is 16.1. The van der Waals surface area contributed by atoms with Crippen molar-refractivity contribution in [1.29, 1.82) is 0 Å². The average molecular weight is 643 g/mol. The molecule has 0 aromatic carbocycles. The van der Waals surface area contributed by atoms with E-state index in [4.69, 9.17) is 14.2 Å². The van der Waals surface area contributed by atoms with Crippen LogP contribution >= 0.6 is 0 Å². The molecule has 5 fully saturated rings. The molecule has 18 unspecified atom stereocenters. The highest BCUT2D eigenvalue weighted by molar-refractivity contribution is 5.74. The van der Waals surface area contributed by atoms with Crippen LogP contribution in [0.1, 0.15) is 80.1 Å². The zero-order valence-electron chi connectivity index (χ0n) is 27.7. The van der Waals surface area contributed by atoms with Gasteiger partial charge in [-0.3, -0.25) is 4.79 Å². The Balaban J connectivity index is 1.37. The van der Waals surface area contributed by atoms with Gasteiger partial charge in [0, 0.05) is 0 Å². The van der Waals surface area contributed by atoms with Gasteiger partial charge in [-0.1, -0.05) is 41.5 Å². The number of carbonyl (C=O) groups excluding carboxylic acids is 1. The lowest BCUT2D eigenvalue weighted by Crippen LogP contribution is -2.61. The Bertz CT molecular complexity index is 1040. The number of esters is 1. The number of aliphatic hydroxyl groups is 7. The van der Waals surface area contributed by atoms with Crippen LogP contribution in [0, 0.1) is 58.2 Å². The molecule has 11 heteroatoms. The van der Waals surface area contributed by atoms with Gasteiger partial charge in [0.15, 0.2) is 6.29 Å². The third-order valence-electron chi connectivity index (χ3n) is 13.6. The third-order valence-corrected chi connectivity index (χ3v) is 13.6. The second kappa shape index (κ2) is 13.2. The fourth-order valence-corrected chi connectivity index (χ4v) is 10.5. The van der Waals surface area contributed by atoms with Crippen LogP contribution in [0.5, 0.6) is 0 Å². The number of fused-ring (bicyclic) bond motifs is 5. The summed E-state index contributed by atoms with van der Waals surface area (Å²) in [5, 5.41) is 74.2. The van der Waals surface area contributed by atoms with E-state index in [-0.39, 0.29) is 59.2 Å². The molecular formula is C34H58O11. The first kappa shape index (κ1) is 35.4. The zero-order valence-corrected chi connectivity index (χ0v) is 27.7. The van der Waals surface area contributed by atoms with Crippen molar-refractivity contribution in [2.45, 2.75) is 135 Å². The van der Waals surface area contributed by atoms with Crippen LogP contribution in [0.4, 0.5) is 0 Å². The molecule has 0 bridgehead atoms. The van der Waals surface area contributed by atoms with Crippen molar-refractivity contribution in [3.8, 4) is 0 Å². The van der Waals surface area contributed by atoms with Gasteiger partial charge in [0.1, 0.15) is 24.4 Å². The van der Waals surface area contributed by atoms with E-state index in [0.717, 1.165) is 25.7 Å². The molecule has 5 rings (SSSR count). The predicted molar refractivity (Wildman–Crippen MR) is 162 cm³/mol. The van der Waals surface area contributed by atoms with E-state index in [2.05, 4.69) is 20.8 Å². The molecule has 3 saturated carbocycles. The summed E-state index contributed by atoms with van der Waals surface area (Å²) in [6.45, 7) is 12.3. The van der Waals surface area contributed by atoms with Crippen molar-refractivity contribution in [1.82, 2.24) is 0 Å². The molecule has 0 amide bonds. The van der Waals surface area contributed by atoms with E-state index in [1.165, 1.54) is 0 Å². The number of hydrogen-bond acceptors (Lipinski definition) is 11. The van der Waals surface area contributed by atoms with Crippen molar-refractivity contribution in [3.63, 3.8) is 0 Å².